The van der Waals surface area contributed by atoms with Crippen LogP contribution in [0.5, 0.6) is 0 Å². The predicted octanol–water partition coefficient (Wildman–Crippen LogP) is 1.41. The van der Waals surface area contributed by atoms with Gasteiger partial charge in [0, 0.05) is 0 Å². The number of rotatable bonds is 5. The molecule has 1 aromatic rings. The van der Waals surface area contributed by atoms with Gasteiger partial charge in [0.05, 0.1) is 30.0 Å². The van der Waals surface area contributed by atoms with E-state index in [-0.39, 0.29) is 13.2 Å². The van der Waals surface area contributed by atoms with Gasteiger partial charge in [-0.3, -0.25) is 0 Å². The fourth-order valence-corrected chi connectivity index (χ4v) is 1.59. The SMILES string of the molecule is CCC(CO)(CO)Nc1cc(C)ccc1C#N. The molecule has 0 saturated heterocycles. The molecular formula is C13H18N2O2. The van der Waals surface area contributed by atoms with E-state index in [9.17, 15) is 10.2 Å². The lowest BCUT2D eigenvalue weighted by molar-refractivity contribution is 0.132. The van der Waals surface area contributed by atoms with Crippen LogP contribution < -0.4 is 5.32 Å². The van der Waals surface area contributed by atoms with E-state index in [1.54, 1.807) is 6.07 Å². The Balaban J connectivity index is 3.09. The highest BCUT2D eigenvalue weighted by molar-refractivity contribution is 5.60. The largest absolute Gasteiger partial charge is 0.394 e. The van der Waals surface area contributed by atoms with E-state index in [2.05, 4.69) is 11.4 Å². The van der Waals surface area contributed by atoms with Crippen LogP contribution in [0.4, 0.5) is 5.69 Å². The summed E-state index contributed by atoms with van der Waals surface area (Å²) in [7, 11) is 0. The highest BCUT2D eigenvalue weighted by Gasteiger charge is 2.27. The van der Waals surface area contributed by atoms with Gasteiger partial charge in [0.15, 0.2) is 0 Å². The van der Waals surface area contributed by atoms with Crippen LogP contribution in [0.1, 0.15) is 24.5 Å². The Hall–Kier alpha value is -1.57. The van der Waals surface area contributed by atoms with Gasteiger partial charge in [-0.25, -0.2) is 0 Å². The van der Waals surface area contributed by atoms with Gasteiger partial charge in [0.25, 0.3) is 0 Å². The molecule has 92 valence electrons. The van der Waals surface area contributed by atoms with Gasteiger partial charge in [-0.05, 0) is 31.0 Å². The van der Waals surface area contributed by atoms with E-state index < -0.39 is 5.54 Å². The normalized spacial score (nSPS) is 11.0. The average molecular weight is 234 g/mol. The lowest BCUT2D eigenvalue weighted by Crippen LogP contribution is -2.45. The topological polar surface area (TPSA) is 76.3 Å². The Bertz CT molecular complexity index is 412. The molecule has 0 fully saturated rings. The first-order chi connectivity index (χ1) is 8.10. The van der Waals surface area contributed by atoms with Crippen molar-refractivity contribution in [2.45, 2.75) is 25.8 Å². The summed E-state index contributed by atoms with van der Waals surface area (Å²) in [5.41, 5.74) is 1.40. The van der Waals surface area contributed by atoms with Crippen LogP contribution in [0.15, 0.2) is 18.2 Å². The van der Waals surface area contributed by atoms with Gasteiger partial charge < -0.3 is 15.5 Å². The number of aliphatic hydroxyl groups excluding tert-OH is 2. The Morgan fingerprint density at radius 1 is 1.35 bits per heavy atom. The third-order valence-corrected chi connectivity index (χ3v) is 2.98. The summed E-state index contributed by atoms with van der Waals surface area (Å²) >= 11 is 0. The fourth-order valence-electron chi connectivity index (χ4n) is 1.59. The second kappa shape index (κ2) is 5.67. The maximum absolute atomic E-state index is 9.37. The van der Waals surface area contributed by atoms with Gasteiger partial charge in [-0.15, -0.1) is 0 Å². The maximum atomic E-state index is 9.37. The maximum Gasteiger partial charge on any atom is 0.101 e. The number of nitriles is 1. The minimum Gasteiger partial charge on any atom is -0.394 e. The Kier molecular flexibility index (Phi) is 4.50. The van der Waals surface area contributed by atoms with Crippen molar-refractivity contribution in [1.82, 2.24) is 0 Å². The number of anilines is 1. The highest BCUT2D eigenvalue weighted by atomic mass is 16.3. The second-order valence-corrected chi connectivity index (χ2v) is 4.24. The van der Waals surface area contributed by atoms with Gasteiger partial charge in [-0.1, -0.05) is 13.0 Å². The minimum atomic E-state index is -0.778. The van der Waals surface area contributed by atoms with Crippen molar-refractivity contribution in [1.29, 1.82) is 5.26 Å². The van der Waals surface area contributed by atoms with Crippen LogP contribution in [0.25, 0.3) is 0 Å². The highest BCUT2D eigenvalue weighted by Crippen LogP contribution is 2.23. The van der Waals surface area contributed by atoms with Crippen molar-refractivity contribution in [3.05, 3.63) is 29.3 Å². The summed E-state index contributed by atoms with van der Waals surface area (Å²) in [4.78, 5) is 0. The quantitative estimate of drug-likeness (QED) is 0.720. The summed E-state index contributed by atoms with van der Waals surface area (Å²) in [6, 6.07) is 7.52. The molecular weight excluding hydrogens is 216 g/mol. The van der Waals surface area contributed by atoms with Crippen molar-refractivity contribution in [3.8, 4) is 6.07 Å². The number of benzene rings is 1. The number of aryl methyl sites for hydroxylation is 1. The fraction of sp³-hybridized carbons (Fsp3) is 0.462. The van der Waals surface area contributed by atoms with Crippen LogP contribution in [-0.2, 0) is 0 Å². The van der Waals surface area contributed by atoms with Crippen molar-refractivity contribution in [3.63, 3.8) is 0 Å². The molecule has 3 N–H and O–H groups in total. The molecule has 0 aliphatic carbocycles. The summed E-state index contributed by atoms with van der Waals surface area (Å²) < 4.78 is 0. The number of hydrogen-bond donors (Lipinski definition) is 3. The third kappa shape index (κ3) is 2.96. The molecule has 0 heterocycles. The molecule has 0 spiro atoms. The van der Waals surface area contributed by atoms with Gasteiger partial charge >= 0.3 is 0 Å². The van der Waals surface area contributed by atoms with Crippen LogP contribution in [-0.4, -0.2) is 29.0 Å². The molecule has 0 aliphatic rings. The molecule has 17 heavy (non-hydrogen) atoms. The van der Waals surface area contributed by atoms with Crippen molar-refractivity contribution < 1.29 is 10.2 Å². The van der Waals surface area contributed by atoms with Gasteiger partial charge in [0.1, 0.15) is 6.07 Å². The average Bonchev–Trinajstić information content (AvgIpc) is 2.36. The zero-order chi connectivity index (χ0) is 12.9. The molecule has 0 unspecified atom stereocenters. The zero-order valence-electron chi connectivity index (χ0n) is 10.2. The van der Waals surface area contributed by atoms with Crippen LogP contribution in [0, 0.1) is 18.3 Å². The zero-order valence-corrected chi connectivity index (χ0v) is 10.2. The van der Waals surface area contributed by atoms with Gasteiger partial charge in [0.2, 0.25) is 0 Å². The van der Waals surface area contributed by atoms with Crippen LogP contribution in [0.3, 0.4) is 0 Å². The van der Waals surface area contributed by atoms with E-state index in [1.807, 2.05) is 26.0 Å². The first-order valence-electron chi connectivity index (χ1n) is 5.61. The van der Waals surface area contributed by atoms with E-state index >= 15 is 0 Å². The Morgan fingerprint density at radius 3 is 2.47 bits per heavy atom. The molecule has 1 aromatic carbocycles. The molecule has 0 aliphatic heterocycles. The Labute approximate surface area is 102 Å². The van der Waals surface area contributed by atoms with Crippen LogP contribution in [0.2, 0.25) is 0 Å². The lowest BCUT2D eigenvalue weighted by atomic mass is 9.97. The van der Waals surface area contributed by atoms with Crippen molar-refractivity contribution in [2.24, 2.45) is 0 Å². The molecule has 0 saturated carbocycles. The third-order valence-electron chi connectivity index (χ3n) is 2.98. The number of nitrogens with zero attached hydrogens (tertiary/aromatic N) is 1. The molecule has 0 aromatic heterocycles. The molecule has 0 radical (unpaired) electrons. The molecule has 0 bridgehead atoms. The van der Waals surface area contributed by atoms with Gasteiger partial charge in [-0.2, -0.15) is 5.26 Å². The minimum absolute atomic E-state index is 0.182. The molecule has 4 heteroatoms. The Morgan fingerprint density at radius 2 is 2.00 bits per heavy atom. The number of aliphatic hydroxyl groups is 2. The standard InChI is InChI=1S/C13H18N2O2/c1-3-13(8-16,9-17)15-12-6-10(2)4-5-11(12)7-14/h4-6,15-17H,3,8-9H2,1-2H3. The van der Waals surface area contributed by atoms with E-state index in [0.29, 0.717) is 17.7 Å². The summed E-state index contributed by atoms with van der Waals surface area (Å²) in [5, 5.41) is 30.8. The predicted molar refractivity (Wildman–Crippen MR) is 66.7 cm³/mol. The number of nitrogens with one attached hydrogen (secondary N) is 1. The summed E-state index contributed by atoms with van der Waals surface area (Å²) in [5.74, 6) is 0. The van der Waals surface area contributed by atoms with Crippen molar-refractivity contribution >= 4 is 5.69 Å². The summed E-state index contributed by atoms with van der Waals surface area (Å²) in [6.45, 7) is 3.44. The second-order valence-electron chi connectivity index (χ2n) is 4.24. The van der Waals surface area contributed by atoms with Crippen LogP contribution >= 0.6 is 0 Å². The number of hydrogen-bond acceptors (Lipinski definition) is 4. The van der Waals surface area contributed by atoms with E-state index in [4.69, 9.17) is 5.26 Å². The first-order valence-corrected chi connectivity index (χ1v) is 5.61. The van der Waals surface area contributed by atoms with E-state index in [0.717, 1.165) is 5.56 Å². The molecule has 1 rings (SSSR count). The summed E-state index contributed by atoms with van der Waals surface area (Å²) in [6.07, 6.45) is 0.568. The first kappa shape index (κ1) is 13.5. The monoisotopic (exact) mass is 234 g/mol. The smallest absolute Gasteiger partial charge is 0.101 e. The van der Waals surface area contributed by atoms with Crippen molar-refractivity contribution in [2.75, 3.05) is 18.5 Å². The molecule has 0 atom stereocenters. The molecule has 0 amide bonds. The lowest BCUT2D eigenvalue weighted by Gasteiger charge is -2.31. The van der Waals surface area contributed by atoms with E-state index in [1.165, 1.54) is 0 Å². The molecule has 4 nitrogen and oxygen atoms in total.